The summed E-state index contributed by atoms with van der Waals surface area (Å²) in [5.41, 5.74) is 0. The van der Waals surface area contributed by atoms with Crippen molar-refractivity contribution in [2.24, 2.45) is 0 Å². The Balaban J connectivity index is 3.92. The number of rotatable bonds is 5. The summed E-state index contributed by atoms with van der Waals surface area (Å²) in [6.07, 6.45) is 0. The van der Waals surface area contributed by atoms with Crippen molar-refractivity contribution in [1.82, 2.24) is 5.32 Å². The van der Waals surface area contributed by atoms with E-state index in [4.69, 9.17) is 5.11 Å². The summed E-state index contributed by atoms with van der Waals surface area (Å²) in [4.78, 5) is 21.4. The Labute approximate surface area is 77.1 Å². The zero-order chi connectivity index (χ0) is 10.4. The molecule has 0 radical (unpaired) electrons. The van der Waals surface area contributed by atoms with Crippen molar-refractivity contribution in [3.05, 3.63) is 0 Å². The van der Waals surface area contributed by atoms with Gasteiger partial charge < -0.3 is 9.84 Å². The molecule has 0 aliphatic rings. The molecule has 0 saturated carbocycles. The van der Waals surface area contributed by atoms with Crippen LogP contribution >= 0.6 is 0 Å². The van der Waals surface area contributed by atoms with Crippen molar-refractivity contribution in [3.63, 3.8) is 0 Å². The highest BCUT2D eigenvalue weighted by Gasteiger charge is 2.19. The smallest absolute Gasteiger partial charge is 0.322 e. The second-order valence-electron chi connectivity index (χ2n) is 2.70. The number of carboxylic acid groups (broad SMARTS) is 1. The van der Waals surface area contributed by atoms with Gasteiger partial charge in [0.2, 0.25) is 0 Å². The fourth-order valence-electron chi connectivity index (χ4n) is 0.782. The molecule has 2 unspecified atom stereocenters. The molecule has 0 aliphatic heterocycles. The van der Waals surface area contributed by atoms with E-state index in [1.807, 2.05) is 0 Å². The van der Waals surface area contributed by atoms with Gasteiger partial charge in [-0.3, -0.25) is 14.9 Å². The van der Waals surface area contributed by atoms with Crippen LogP contribution in [-0.4, -0.2) is 35.7 Å². The van der Waals surface area contributed by atoms with Gasteiger partial charge in [0.05, 0.1) is 6.61 Å². The van der Waals surface area contributed by atoms with Crippen LogP contribution in [0.3, 0.4) is 0 Å². The normalized spacial score (nSPS) is 14.7. The van der Waals surface area contributed by atoms with E-state index in [0.717, 1.165) is 0 Å². The average molecular weight is 189 g/mol. The molecule has 0 aromatic carbocycles. The molecule has 0 bridgehead atoms. The van der Waals surface area contributed by atoms with Crippen LogP contribution in [0.2, 0.25) is 0 Å². The Hall–Kier alpha value is -1.10. The second kappa shape index (κ2) is 5.53. The first-order chi connectivity index (χ1) is 5.99. The monoisotopic (exact) mass is 189 g/mol. The van der Waals surface area contributed by atoms with Gasteiger partial charge in [-0.15, -0.1) is 0 Å². The van der Waals surface area contributed by atoms with Crippen molar-refractivity contribution in [2.45, 2.75) is 32.9 Å². The SMILES string of the molecule is CCOC(=O)C(C)NC(C)C(=O)O. The fraction of sp³-hybridized carbons (Fsp3) is 0.750. The first-order valence-corrected chi connectivity index (χ1v) is 4.14. The maximum atomic E-state index is 11.0. The Morgan fingerprint density at radius 2 is 1.92 bits per heavy atom. The Morgan fingerprint density at radius 3 is 2.31 bits per heavy atom. The van der Waals surface area contributed by atoms with Gasteiger partial charge >= 0.3 is 11.9 Å². The molecule has 0 amide bonds. The topological polar surface area (TPSA) is 75.6 Å². The highest BCUT2D eigenvalue weighted by Crippen LogP contribution is 1.91. The van der Waals surface area contributed by atoms with Crippen LogP contribution in [0.1, 0.15) is 20.8 Å². The van der Waals surface area contributed by atoms with Crippen LogP contribution in [0, 0.1) is 0 Å². The van der Waals surface area contributed by atoms with Crippen molar-refractivity contribution < 1.29 is 19.4 Å². The van der Waals surface area contributed by atoms with Gasteiger partial charge in [0.15, 0.2) is 0 Å². The predicted molar refractivity (Wildman–Crippen MR) is 46.3 cm³/mol. The maximum absolute atomic E-state index is 11.0. The summed E-state index contributed by atoms with van der Waals surface area (Å²) in [5.74, 6) is -1.42. The van der Waals surface area contributed by atoms with E-state index in [9.17, 15) is 9.59 Å². The van der Waals surface area contributed by atoms with Gasteiger partial charge in [-0.05, 0) is 20.8 Å². The van der Waals surface area contributed by atoms with E-state index in [1.54, 1.807) is 13.8 Å². The maximum Gasteiger partial charge on any atom is 0.322 e. The van der Waals surface area contributed by atoms with Crippen molar-refractivity contribution in [1.29, 1.82) is 0 Å². The van der Waals surface area contributed by atoms with Crippen LogP contribution in [-0.2, 0) is 14.3 Å². The number of hydrogen-bond donors (Lipinski definition) is 2. The quantitative estimate of drug-likeness (QED) is 0.595. The summed E-state index contributed by atoms with van der Waals surface area (Å²) < 4.78 is 4.69. The molecule has 0 heterocycles. The lowest BCUT2D eigenvalue weighted by Gasteiger charge is -2.15. The minimum Gasteiger partial charge on any atom is -0.480 e. The zero-order valence-electron chi connectivity index (χ0n) is 8.03. The molecule has 0 aliphatic carbocycles. The zero-order valence-corrected chi connectivity index (χ0v) is 8.03. The number of hydrogen-bond acceptors (Lipinski definition) is 4. The molecule has 0 fully saturated rings. The minimum absolute atomic E-state index is 0.298. The molecule has 5 nitrogen and oxygen atoms in total. The standard InChI is InChI=1S/C8H15NO4/c1-4-13-8(12)6(3)9-5(2)7(10)11/h5-6,9H,4H2,1-3H3,(H,10,11). The number of aliphatic carboxylic acids is 1. The molecule has 76 valence electrons. The Kier molecular flexibility index (Phi) is 5.06. The number of carboxylic acids is 1. The summed E-state index contributed by atoms with van der Waals surface area (Å²) >= 11 is 0. The van der Waals surface area contributed by atoms with Crippen LogP contribution in [0.25, 0.3) is 0 Å². The average Bonchev–Trinajstić information content (AvgIpc) is 2.04. The Bertz CT molecular complexity index is 193. The van der Waals surface area contributed by atoms with E-state index in [0.29, 0.717) is 6.61 Å². The number of esters is 1. The molecule has 0 aromatic rings. The van der Waals surface area contributed by atoms with Crippen molar-refractivity contribution in [2.75, 3.05) is 6.61 Å². The predicted octanol–water partition coefficient (Wildman–Crippen LogP) is 0.000700. The lowest BCUT2D eigenvalue weighted by Crippen LogP contribution is -2.44. The van der Waals surface area contributed by atoms with Gasteiger partial charge in [0, 0.05) is 0 Å². The summed E-state index contributed by atoms with van der Waals surface area (Å²) in [5, 5.41) is 11.1. The van der Waals surface area contributed by atoms with E-state index >= 15 is 0 Å². The lowest BCUT2D eigenvalue weighted by atomic mass is 10.2. The third kappa shape index (κ3) is 4.47. The van der Waals surface area contributed by atoms with Crippen LogP contribution in [0.4, 0.5) is 0 Å². The van der Waals surface area contributed by atoms with Gasteiger partial charge in [-0.1, -0.05) is 0 Å². The molecule has 5 heteroatoms. The van der Waals surface area contributed by atoms with Gasteiger partial charge in [0.25, 0.3) is 0 Å². The molecule has 0 aromatic heterocycles. The third-order valence-corrected chi connectivity index (χ3v) is 1.51. The largest absolute Gasteiger partial charge is 0.480 e. The Morgan fingerprint density at radius 1 is 1.38 bits per heavy atom. The number of ether oxygens (including phenoxy) is 1. The summed E-state index contributed by atoms with van der Waals surface area (Å²) in [6, 6.07) is -1.34. The number of carbonyl (C=O) groups excluding carboxylic acids is 1. The second-order valence-corrected chi connectivity index (χ2v) is 2.70. The van der Waals surface area contributed by atoms with Gasteiger partial charge in [0.1, 0.15) is 12.1 Å². The minimum atomic E-state index is -0.990. The highest BCUT2D eigenvalue weighted by molar-refractivity contribution is 5.78. The summed E-state index contributed by atoms with van der Waals surface area (Å²) in [7, 11) is 0. The van der Waals surface area contributed by atoms with Crippen LogP contribution in [0.5, 0.6) is 0 Å². The van der Waals surface area contributed by atoms with E-state index in [-0.39, 0.29) is 0 Å². The highest BCUT2D eigenvalue weighted by atomic mass is 16.5. The van der Waals surface area contributed by atoms with E-state index in [1.165, 1.54) is 6.92 Å². The molecule has 0 rings (SSSR count). The van der Waals surface area contributed by atoms with Crippen LogP contribution < -0.4 is 5.32 Å². The van der Waals surface area contributed by atoms with Crippen LogP contribution in [0.15, 0.2) is 0 Å². The number of carbonyl (C=O) groups is 2. The van der Waals surface area contributed by atoms with Gasteiger partial charge in [-0.2, -0.15) is 0 Å². The molecule has 0 saturated heterocycles. The molecule has 2 N–H and O–H groups in total. The third-order valence-electron chi connectivity index (χ3n) is 1.51. The van der Waals surface area contributed by atoms with Crippen molar-refractivity contribution in [3.8, 4) is 0 Å². The van der Waals surface area contributed by atoms with E-state index < -0.39 is 24.0 Å². The first kappa shape index (κ1) is 11.9. The fourth-order valence-corrected chi connectivity index (χ4v) is 0.782. The van der Waals surface area contributed by atoms with Gasteiger partial charge in [-0.25, -0.2) is 0 Å². The molecule has 2 atom stereocenters. The number of nitrogens with one attached hydrogen (secondary N) is 1. The van der Waals surface area contributed by atoms with Crippen molar-refractivity contribution >= 4 is 11.9 Å². The van der Waals surface area contributed by atoms with E-state index in [2.05, 4.69) is 10.1 Å². The molecular weight excluding hydrogens is 174 g/mol. The molecule has 13 heavy (non-hydrogen) atoms. The summed E-state index contributed by atoms with van der Waals surface area (Å²) in [6.45, 7) is 5.03. The molecular formula is C8H15NO4. The lowest BCUT2D eigenvalue weighted by molar-refractivity contribution is -0.146. The first-order valence-electron chi connectivity index (χ1n) is 4.14. The molecule has 0 spiro atoms.